The quantitative estimate of drug-likeness (QED) is 0.823. The highest BCUT2D eigenvalue weighted by Gasteiger charge is 2.43. The van der Waals surface area contributed by atoms with Crippen molar-refractivity contribution in [3.05, 3.63) is 71.3 Å². The minimum absolute atomic E-state index is 0.0504. The number of nitrogens with one attached hydrogen (secondary N) is 1. The van der Waals surface area contributed by atoms with Gasteiger partial charge in [-0.05, 0) is 29.0 Å². The van der Waals surface area contributed by atoms with Gasteiger partial charge in [-0.1, -0.05) is 75.4 Å². The van der Waals surface area contributed by atoms with Crippen molar-refractivity contribution in [2.45, 2.75) is 50.4 Å². The molecule has 1 heterocycles. The molecule has 0 saturated carbocycles. The molecule has 0 amide bonds. The van der Waals surface area contributed by atoms with Gasteiger partial charge in [-0.25, -0.2) is 13.1 Å². The zero-order valence-corrected chi connectivity index (χ0v) is 18.0. The summed E-state index contributed by atoms with van der Waals surface area (Å²) in [6.45, 7) is 8.48. The predicted molar refractivity (Wildman–Crippen MR) is 112 cm³/mol. The maximum absolute atomic E-state index is 13.2. The molecule has 1 aliphatic heterocycles. The molecule has 0 bridgehead atoms. The molecule has 1 fully saturated rings. The lowest BCUT2D eigenvalue weighted by Crippen LogP contribution is -2.40. The van der Waals surface area contributed by atoms with Crippen LogP contribution in [0.15, 0.2) is 54.6 Å². The molecule has 2 aromatic carbocycles. The number of sulfonamides is 1. The third-order valence-electron chi connectivity index (χ3n) is 5.34. The van der Waals surface area contributed by atoms with Crippen LogP contribution in [0, 0.1) is 0 Å². The van der Waals surface area contributed by atoms with Crippen LogP contribution in [0.3, 0.4) is 0 Å². The number of nitrogens with zero attached hydrogens (tertiary/aromatic N) is 1. The van der Waals surface area contributed by atoms with Crippen LogP contribution in [0.5, 0.6) is 0 Å². The van der Waals surface area contributed by atoms with E-state index in [0.717, 1.165) is 11.1 Å². The first-order valence-electron chi connectivity index (χ1n) is 9.62. The lowest BCUT2D eigenvalue weighted by molar-refractivity contribution is -0.110. The second-order valence-corrected chi connectivity index (χ2v) is 10.4. The minimum atomic E-state index is -3.59. The summed E-state index contributed by atoms with van der Waals surface area (Å²) in [6, 6.07) is 17.1. The molecular formula is C22H30N2O3S. The Kier molecular flexibility index (Phi) is 5.96. The van der Waals surface area contributed by atoms with Crippen molar-refractivity contribution in [1.82, 2.24) is 9.79 Å². The molecular weight excluding hydrogens is 372 g/mol. The highest BCUT2D eigenvalue weighted by molar-refractivity contribution is 7.90. The highest BCUT2D eigenvalue weighted by atomic mass is 32.2. The summed E-state index contributed by atoms with van der Waals surface area (Å²) >= 11 is 0. The van der Waals surface area contributed by atoms with E-state index in [1.807, 2.05) is 49.4 Å². The standard InChI is InChI=1S/C22H30N2O3S/c1-16(17-9-7-6-8-10-17)23-28(25,26)20-15-27-24(5)21(20)18-11-13-19(14-12-18)22(2,3)4/h6-14,16,20-21,23H,15H2,1-5H3/t16-,20-,21-/m0/s1. The largest absolute Gasteiger partial charge is 0.297 e. The SMILES string of the molecule is C[C@H](NS(=O)(=O)[C@H]1CON(C)[C@H]1c1ccc(C(C)(C)C)cc1)c1ccccc1. The van der Waals surface area contributed by atoms with Crippen molar-refractivity contribution in [2.75, 3.05) is 13.7 Å². The molecule has 5 nitrogen and oxygen atoms in total. The summed E-state index contributed by atoms with van der Waals surface area (Å²) in [5.41, 5.74) is 3.14. The van der Waals surface area contributed by atoms with Crippen molar-refractivity contribution < 1.29 is 13.3 Å². The number of benzene rings is 2. The van der Waals surface area contributed by atoms with Gasteiger partial charge in [-0.2, -0.15) is 5.06 Å². The molecule has 2 aromatic rings. The number of hydrogen-bond donors (Lipinski definition) is 1. The summed E-state index contributed by atoms with van der Waals surface area (Å²) in [5, 5.41) is 0.979. The van der Waals surface area contributed by atoms with Crippen LogP contribution in [-0.4, -0.2) is 32.4 Å². The van der Waals surface area contributed by atoms with E-state index in [-0.39, 0.29) is 24.1 Å². The van der Waals surface area contributed by atoms with Gasteiger partial charge in [-0.15, -0.1) is 0 Å². The number of hydroxylamine groups is 2. The van der Waals surface area contributed by atoms with Crippen molar-refractivity contribution in [2.24, 2.45) is 0 Å². The van der Waals surface area contributed by atoms with Gasteiger partial charge in [-0.3, -0.25) is 4.84 Å². The predicted octanol–water partition coefficient (Wildman–Crippen LogP) is 3.95. The van der Waals surface area contributed by atoms with E-state index in [1.54, 1.807) is 12.1 Å². The smallest absolute Gasteiger partial charge is 0.219 e. The Morgan fingerprint density at radius 1 is 1.07 bits per heavy atom. The molecule has 3 atom stereocenters. The zero-order chi connectivity index (χ0) is 20.5. The fraction of sp³-hybridized carbons (Fsp3) is 0.455. The van der Waals surface area contributed by atoms with E-state index in [1.165, 1.54) is 5.56 Å². The summed E-state index contributed by atoms with van der Waals surface area (Å²) in [6.07, 6.45) is 0. The molecule has 0 aliphatic carbocycles. The monoisotopic (exact) mass is 402 g/mol. The van der Waals surface area contributed by atoms with Gasteiger partial charge in [0.25, 0.3) is 0 Å². The van der Waals surface area contributed by atoms with E-state index in [4.69, 9.17) is 4.84 Å². The Morgan fingerprint density at radius 3 is 2.25 bits per heavy atom. The fourth-order valence-corrected chi connectivity index (χ4v) is 5.32. The lowest BCUT2D eigenvalue weighted by atomic mass is 9.86. The molecule has 152 valence electrons. The van der Waals surface area contributed by atoms with E-state index in [2.05, 4.69) is 37.6 Å². The number of hydrogen-bond acceptors (Lipinski definition) is 4. The second-order valence-electron chi connectivity index (χ2n) is 8.49. The fourth-order valence-electron chi connectivity index (χ4n) is 3.60. The average molecular weight is 403 g/mol. The molecule has 1 saturated heterocycles. The summed E-state index contributed by atoms with van der Waals surface area (Å²) in [7, 11) is -1.80. The van der Waals surface area contributed by atoms with Crippen molar-refractivity contribution in [1.29, 1.82) is 0 Å². The maximum Gasteiger partial charge on any atom is 0.219 e. The normalized spacial score (nSPS) is 22.3. The minimum Gasteiger partial charge on any atom is -0.297 e. The molecule has 0 aromatic heterocycles. The molecule has 6 heteroatoms. The van der Waals surface area contributed by atoms with Crippen molar-refractivity contribution in [3.63, 3.8) is 0 Å². The highest BCUT2D eigenvalue weighted by Crippen LogP contribution is 2.35. The van der Waals surface area contributed by atoms with Gasteiger partial charge < -0.3 is 0 Å². The van der Waals surface area contributed by atoms with Gasteiger partial charge >= 0.3 is 0 Å². The molecule has 1 N–H and O–H groups in total. The Morgan fingerprint density at radius 2 is 1.68 bits per heavy atom. The second kappa shape index (κ2) is 7.95. The Balaban J connectivity index is 1.84. The van der Waals surface area contributed by atoms with Crippen LogP contribution in [0.1, 0.15) is 56.5 Å². The first kappa shape index (κ1) is 21.0. The first-order chi connectivity index (χ1) is 13.1. The Labute approximate surface area is 168 Å². The molecule has 0 spiro atoms. The van der Waals surface area contributed by atoms with Crippen LogP contribution in [0.2, 0.25) is 0 Å². The van der Waals surface area contributed by atoms with E-state index in [0.29, 0.717) is 0 Å². The van der Waals surface area contributed by atoms with Crippen LogP contribution in [-0.2, 0) is 20.3 Å². The Bertz CT molecular complexity index is 890. The van der Waals surface area contributed by atoms with Crippen molar-refractivity contribution in [3.8, 4) is 0 Å². The van der Waals surface area contributed by atoms with Gasteiger partial charge in [0.05, 0.1) is 12.6 Å². The molecule has 0 unspecified atom stereocenters. The van der Waals surface area contributed by atoms with Gasteiger partial charge in [0.2, 0.25) is 10.0 Å². The zero-order valence-electron chi connectivity index (χ0n) is 17.2. The molecule has 3 rings (SSSR count). The molecule has 1 aliphatic rings. The molecule has 0 radical (unpaired) electrons. The third kappa shape index (κ3) is 4.46. The summed E-state index contributed by atoms with van der Waals surface area (Å²) in [4.78, 5) is 5.62. The van der Waals surface area contributed by atoms with Gasteiger partial charge in [0.15, 0.2) is 0 Å². The van der Waals surface area contributed by atoms with E-state index < -0.39 is 15.3 Å². The van der Waals surface area contributed by atoms with Gasteiger partial charge in [0, 0.05) is 13.1 Å². The summed E-state index contributed by atoms with van der Waals surface area (Å²) < 4.78 is 29.1. The van der Waals surface area contributed by atoms with E-state index >= 15 is 0 Å². The number of rotatable bonds is 5. The topological polar surface area (TPSA) is 58.6 Å². The Hall–Kier alpha value is -1.73. The third-order valence-corrected chi connectivity index (χ3v) is 7.22. The van der Waals surface area contributed by atoms with Crippen LogP contribution in [0.4, 0.5) is 0 Å². The summed E-state index contributed by atoms with van der Waals surface area (Å²) in [5.74, 6) is 0. The average Bonchev–Trinajstić information content (AvgIpc) is 3.04. The van der Waals surface area contributed by atoms with Crippen molar-refractivity contribution >= 4 is 10.0 Å². The van der Waals surface area contributed by atoms with E-state index in [9.17, 15) is 8.42 Å². The maximum atomic E-state index is 13.2. The van der Waals surface area contributed by atoms with Crippen LogP contribution in [0.25, 0.3) is 0 Å². The lowest BCUT2D eigenvalue weighted by Gasteiger charge is -2.26. The molecule has 28 heavy (non-hydrogen) atoms. The van der Waals surface area contributed by atoms with Crippen LogP contribution < -0.4 is 4.72 Å². The first-order valence-corrected chi connectivity index (χ1v) is 11.2. The van der Waals surface area contributed by atoms with Crippen LogP contribution >= 0.6 is 0 Å². The van der Waals surface area contributed by atoms with Gasteiger partial charge in [0.1, 0.15) is 5.25 Å².